The third-order valence-corrected chi connectivity index (χ3v) is 6.31. The highest BCUT2D eigenvalue weighted by molar-refractivity contribution is 5.92. The van der Waals surface area contributed by atoms with Gasteiger partial charge in [0.1, 0.15) is 17.7 Å². The number of rotatable bonds is 18. The van der Waals surface area contributed by atoms with E-state index in [0.717, 1.165) is 44.1 Å². The van der Waals surface area contributed by atoms with Gasteiger partial charge in [-0.15, -0.1) is 0 Å². The Morgan fingerprint density at radius 3 is 2.33 bits per heavy atom. The fraction of sp³-hybridized carbons (Fsp3) is 0.613. The monoisotopic (exact) mass is 558 g/mol. The molecule has 9 nitrogen and oxygen atoms in total. The molecule has 0 aromatic heterocycles. The second-order valence-electron chi connectivity index (χ2n) is 11.1. The van der Waals surface area contributed by atoms with Crippen LogP contribution in [0, 0.1) is 0 Å². The van der Waals surface area contributed by atoms with E-state index in [1.165, 1.54) is 4.90 Å². The number of hydrogen-bond donors (Lipinski definition) is 3. The van der Waals surface area contributed by atoms with Crippen LogP contribution < -0.4 is 16.4 Å². The van der Waals surface area contributed by atoms with Crippen molar-refractivity contribution < 1.29 is 23.9 Å². The largest absolute Gasteiger partial charge is 0.444 e. The van der Waals surface area contributed by atoms with E-state index in [2.05, 4.69) is 24.1 Å². The molecule has 0 aliphatic heterocycles. The Bertz CT molecular complexity index is 973. The zero-order valence-corrected chi connectivity index (χ0v) is 25.1. The molecule has 1 rings (SSSR count). The molecule has 0 fully saturated rings. The molecule has 0 aliphatic rings. The maximum atomic E-state index is 14.2. The maximum absolute atomic E-state index is 14.2. The normalized spacial score (nSPS) is 12.6. The molecule has 1 aromatic carbocycles. The second-order valence-corrected chi connectivity index (χ2v) is 11.1. The van der Waals surface area contributed by atoms with Crippen molar-refractivity contribution in [2.24, 2.45) is 5.73 Å². The van der Waals surface area contributed by atoms with Crippen molar-refractivity contribution in [2.45, 2.75) is 110 Å². The van der Waals surface area contributed by atoms with Crippen LogP contribution in [0.3, 0.4) is 0 Å². The van der Waals surface area contributed by atoms with Gasteiger partial charge in [0.25, 0.3) is 0 Å². The van der Waals surface area contributed by atoms with E-state index in [4.69, 9.17) is 10.5 Å². The van der Waals surface area contributed by atoms with Gasteiger partial charge in [-0.2, -0.15) is 0 Å². The summed E-state index contributed by atoms with van der Waals surface area (Å²) in [6.45, 7) is 13.9. The summed E-state index contributed by atoms with van der Waals surface area (Å²) >= 11 is 0. The average Bonchev–Trinajstić information content (AvgIpc) is 2.88. The predicted octanol–water partition coefficient (Wildman–Crippen LogP) is 5.24. The number of alkyl carbamates (subject to hydrolysis) is 1. The standard InChI is InChI=1S/C31H50N4O5/c1-7-10-12-13-14-21-35(29(38)25(18-19-26(32)36)34-30(39)40-31(4,5)6)27(28(37)33-20-11-8-2)24-17-15-16-23(9-3)22-24/h9,15-17,22,25,27H,3,7-8,10-14,18-21H2,1-2,4-6H3,(H2,32,36)(H,33,37)(H,34,39). The minimum atomic E-state index is -1.11. The van der Waals surface area contributed by atoms with Crippen molar-refractivity contribution in [1.82, 2.24) is 15.5 Å². The summed E-state index contributed by atoms with van der Waals surface area (Å²) < 4.78 is 5.39. The van der Waals surface area contributed by atoms with Gasteiger partial charge in [0.15, 0.2) is 0 Å². The van der Waals surface area contributed by atoms with Gasteiger partial charge in [-0.3, -0.25) is 14.4 Å². The van der Waals surface area contributed by atoms with Gasteiger partial charge in [-0.1, -0.05) is 76.8 Å². The first-order valence-corrected chi connectivity index (χ1v) is 14.5. The number of primary amides is 1. The van der Waals surface area contributed by atoms with Crippen molar-refractivity contribution in [2.75, 3.05) is 13.1 Å². The highest BCUT2D eigenvalue weighted by atomic mass is 16.6. The summed E-state index contributed by atoms with van der Waals surface area (Å²) in [6.07, 6.45) is 7.23. The van der Waals surface area contributed by atoms with E-state index >= 15 is 0 Å². The minimum absolute atomic E-state index is 0.0172. The Balaban J connectivity index is 3.51. The van der Waals surface area contributed by atoms with Gasteiger partial charge >= 0.3 is 6.09 Å². The molecule has 0 radical (unpaired) electrons. The molecule has 1 aromatic rings. The van der Waals surface area contributed by atoms with Crippen LogP contribution in [0.2, 0.25) is 0 Å². The zero-order valence-electron chi connectivity index (χ0n) is 25.1. The van der Waals surface area contributed by atoms with E-state index < -0.39 is 35.6 Å². The molecule has 4 N–H and O–H groups in total. The molecule has 0 heterocycles. The summed E-state index contributed by atoms with van der Waals surface area (Å²) in [5.74, 6) is -1.37. The summed E-state index contributed by atoms with van der Waals surface area (Å²) in [5.41, 5.74) is 6.06. The lowest BCUT2D eigenvalue weighted by Crippen LogP contribution is -2.53. The van der Waals surface area contributed by atoms with Crippen molar-refractivity contribution in [1.29, 1.82) is 0 Å². The van der Waals surface area contributed by atoms with Crippen molar-refractivity contribution in [3.63, 3.8) is 0 Å². The van der Waals surface area contributed by atoms with E-state index in [1.54, 1.807) is 26.8 Å². The predicted molar refractivity (Wildman–Crippen MR) is 159 cm³/mol. The molecule has 224 valence electrons. The van der Waals surface area contributed by atoms with Crippen LogP contribution in [-0.2, 0) is 19.1 Å². The summed E-state index contributed by atoms with van der Waals surface area (Å²) in [7, 11) is 0. The number of nitrogens with zero attached hydrogens (tertiary/aromatic N) is 1. The highest BCUT2D eigenvalue weighted by Gasteiger charge is 2.36. The molecule has 2 atom stereocenters. The number of carbonyl (C=O) groups excluding carboxylic acids is 4. The number of unbranched alkanes of at least 4 members (excludes halogenated alkanes) is 5. The number of hydrogen-bond acceptors (Lipinski definition) is 5. The summed E-state index contributed by atoms with van der Waals surface area (Å²) in [6, 6.07) is 5.31. The quantitative estimate of drug-likeness (QED) is 0.212. The average molecular weight is 559 g/mol. The van der Waals surface area contributed by atoms with Crippen LogP contribution in [0.4, 0.5) is 4.79 Å². The highest BCUT2D eigenvalue weighted by Crippen LogP contribution is 2.26. The van der Waals surface area contributed by atoms with Gasteiger partial charge in [0.2, 0.25) is 17.7 Å². The number of amides is 4. The number of benzene rings is 1. The van der Waals surface area contributed by atoms with Crippen LogP contribution >= 0.6 is 0 Å². The smallest absolute Gasteiger partial charge is 0.408 e. The molecule has 40 heavy (non-hydrogen) atoms. The second kappa shape index (κ2) is 18.1. The molecule has 0 bridgehead atoms. The van der Waals surface area contributed by atoms with Crippen LogP contribution in [0.1, 0.15) is 110 Å². The topological polar surface area (TPSA) is 131 Å². The Labute approximate surface area is 240 Å². The van der Waals surface area contributed by atoms with E-state index in [9.17, 15) is 19.2 Å². The molecule has 4 amide bonds. The first kappa shape index (κ1) is 34.7. The van der Waals surface area contributed by atoms with Gasteiger partial charge in [0, 0.05) is 19.5 Å². The van der Waals surface area contributed by atoms with Crippen LogP contribution in [0.15, 0.2) is 30.8 Å². The number of carbonyl (C=O) groups is 4. The molecular weight excluding hydrogens is 508 g/mol. The fourth-order valence-electron chi connectivity index (χ4n) is 4.26. The van der Waals surface area contributed by atoms with Crippen molar-refractivity contribution in [3.8, 4) is 0 Å². The summed E-state index contributed by atoms with van der Waals surface area (Å²) in [5, 5.41) is 5.61. The maximum Gasteiger partial charge on any atom is 0.408 e. The molecule has 0 saturated heterocycles. The van der Waals surface area contributed by atoms with E-state index in [0.29, 0.717) is 25.1 Å². The molecule has 0 saturated carbocycles. The Kier molecular flexibility index (Phi) is 15.7. The molecule has 9 heteroatoms. The van der Waals surface area contributed by atoms with Gasteiger partial charge in [-0.25, -0.2) is 4.79 Å². The fourth-order valence-corrected chi connectivity index (χ4v) is 4.26. The first-order valence-electron chi connectivity index (χ1n) is 14.5. The van der Waals surface area contributed by atoms with Gasteiger partial charge in [0.05, 0.1) is 0 Å². The van der Waals surface area contributed by atoms with Gasteiger partial charge < -0.3 is 26.0 Å². The number of nitrogens with two attached hydrogens (primary N) is 1. The lowest BCUT2D eigenvalue weighted by Gasteiger charge is -2.34. The third kappa shape index (κ3) is 13.1. The lowest BCUT2D eigenvalue weighted by atomic mass is 9.99. The number of nitrogens with one attached hydrogen (secondary N) is 2. The zero-order chi connectivity index (χ0) is 30.1. The van der Waals surface area contributed by atoms with Crippen molar-refractivity contribution in [3.05, 3.63) is 42.0 Å². The molecule has 0 aliphatic carbocycles. The Morgan fingerprint density at radius 2 is 1.73 bits per heavy atom. The number of ether oxygens (including phenoxy) is 1. The van der Waals surface area contributed by atoms with Crippen LogP contribution in [0.5, 0.6) is 0 Å². The third-order valence-electron chi connectivity index (χ3n) is 6.31. The Morgan fingerprint density at radius 1 is 1.05 bits per heavy atom. The van der Waals surface area contributed by atoms with Crippen LogP contribution in [-0.4, -0.2) is 53.4 Å². The molecular formula is C31H50N4O5. The molecule has 0 spiro atoms. The van der Waals surface area contributed by atoms with Crippen molar-refractivity contribution >= 4 is 29.9 Å². The van der Waals surface area contributed by atoms with Crippen LogP contribution in [0.25, 0.3) is 6.08 Å². The molecule has 2 unspecified atom stereocenters. The van der Waals surface area contributed by atoms with E-state index in [-0.39, 0.29) is 18.7 Å². The minimum Gasteiger partial charge on any atom is -0.444 e. The SMILES string of the molecule is C=Cc1cccc(C(C(=O)NCCCC)N(CCCCCCC)C(=O)C(CCC(N)=O)NC(=O)OC(C)(C)C)c1. The summed E-state index contributed by atoms with van der Waals surface area (Å²) in [4.78, 5) is 53.7. The van der Waals surface area contributed by atoms with E-state index in [1.807, 2.05) is 31.2 Å². The lowest BCUT2D eigenvalue weighted by molar-refractivity contribution is -0.142. The Hall–Kier alpha value is -3.36. The first-order chi connectivity index (χ1) is 18.9. The van der Waals surface area contributed by atoms with Gasteiger partial charge in [-0.05, 0) is 57.2 Å².